The molecule has 0 amide bonds. The standard InChI is InChI=1S/C37H47N5O/c1-4-20-43-34-32(31-24(2)6-7-27-22-38-23-30(27)31)28(25-8-9-25)21-29-33(34)39-35(26-10-16-41(3)17-11-26)40-36(29)42-18-14-37(15-19-42)12-5-13-37/h6-7,21,23,25-26H,4-5,8-20,22H2,1-3H3. The van der Waals surface area contributed by atoms with E-state index in [1.165, 1.54) is 89.5 Å². The van der Waals surface area contributed by atoms with Gasteiger partial charge >= 0.3 is 0 Å². The van der Waals surface area contributed by atoms with Gasteiger partial charge in [0.15, 0.2) is 5.75 Å². The van der Waals surface area contributed by atoms with Crippen LogP contribution >= 0.6 is 0 Å². The number of nitrogens with zero attached hydrogens (tertiary/aromatic N) is 5. The van der Waals surface area contributed by atoms with Crippen molar-refractivity contribution in [1.29, 1.82) is 0 Å². The number of aryl methyl sites for hydroxylation is 1. The number of benzene rings is 2. The monoisotopic (exact) mass is 577 g/mol. The Morgan fingerprint density at radius 1 is 0.930 bits per heavy atom. The lowest BCUT2D eigenvalue weighted by atomic mass is 9.63. The smallest absolute Gasteiger partial charge is 0.153 e. The van der Waals surface area contributed by atoms with Crippen molar-refractivity contribution >= 4 is 22.9 Å². The molecule has 3 aromatic rings. The van der Waals surface area contributed by atoms with E-state index < -0.39 is 0 Å². The maximum Gasteiger partial charge on any atom is 0.153 e. The van der Waals surface area contributed by atoms with Gasteiger partial charge in [-0.15, -0.1) is 0 Å². The largest absolute Gasteiger partial charge is 0.491 e. The van der Waals surface area contributed by atoms with Crippen molar-refractivity contribution in [3.63, 3.8) is 0 Å². The summed E-state index contributed by atoms with van der Waals surface area (Å²) in [5.74, 6) is 4.14. The van der Waals surface area contributed by atoms with Gasteiger partial charge in [-0.05, 0) is 125 Å². The number of anilines is 1. The van der Waals surface area contributed by atoms with Gasteiger partial charge in [0.2, 0.25) is 0 Å². The fourth-order valence-corrected chi connectivity index (χ4v) is 8.26. The molecule has 43 heavy (non-hydrogen) atoms. The van der Waals surface area contributed by atoms with Crippen molar-refractivity contribution in [1.82, 2.24) is 14.9 Å². The topological polar surface area (TPSA) is 53.9 Å². The Kier molecular flexibility index (Phi) is 6.96. The van der Waals surface area contributed by atoms with Gasteiger partial charge in [-0.1, -0.05) is 25.5 Å². The lowest BCUT2D eigenvalue weighted by molar-refractivity contribution is 0.0953. The summed E-state index contributed by atoms with van der Waals surface area (Å²) in [4.78, 5) is 20.8. The Morgan fingerprint density at radius 2 is 1.72 bits per heavy atom. The molecule has 0 unspecified atom stereocenters. The highest BCUT2D eigenvalue weighted by Crippen LogP contribution is 2.54. The molecule has 4 heterocycles. The number of likely N-dealkylation sites (tertiary alicyclic amines) is 1. The quantitative estimate of drug-likeness (QED) is 0.287. The molecule has 2 saturated carbocycles. The summed E-state index contributed by atoms with van der Waals surface area (Å²) in [7, 11) is 2.24. The molecule has 6 heteroatoms. The molecule has 0 bridgehead atoms. The van der Waals surface area contributed by atoms with Gasteiger partial charge in [-0.2, -0.15) is 0 Å². The first-order valence-corrected chi connectivity index (χ1v) is 17.1. The number of rotatable bonds is 7. The summed E-state index contributed by atoms with van der Waals surface area (Å²) in [6.45, 7) is 10.3. The molecule has 8 rings (SSSR count). The van der Waals surface area contributed by atoms with Crippen molar-refractivity contribution in [2.24, 2.45) is 10.4 Å². The van der Waals surface area contributed by atoms with Gasteiger partial charge in [0.05, 0.1) is 13.2 Å². The first-order valence-electron chi connectivity index (χ1n) is 17.1. The van der Waals surface area contributed by atoms with Crippen molar-refractivity contribution in [2.75, 3.05) is 44.7 Å². The number of aromatic nitrogens is 2. The first-order chi connectivity index (χ1) is 21.0. The molecular formula is C37H47N5O. The number of ether oxygens (including phenoxy) is 1. The third kappa shape index (κ3) is 4.85. The first kappa shape index (κ1) is 27.6. The minimum atomic E-state index is 0.391. The van der Waals surface area contributed by atoms with Gasteiger partial charge in [-0.3, -0.25) is 4.99 Å². The summed E-state index contributed by atoms with van der Waals surface area (Å²) in [5, 5.41) is 1.21. The lowest BCUT2D eigenvalue weighted by Gasteiger charge is -2.48. The second kappa shape index (κ2) is 10.9. The highest BCUT2D eigenvalue weighted by molar-refractivity contribution is 6.04. The average molecular weight is 578 g/mol. The maximum atomic E-state index is 6.89. The molecule has 4 fully saturated rings. The number of aliphatic imine (C=N–C) groups is 1. The fraction of sp³-hybridized carbons (Fsp3) is 0.595. The lowest BCUT2D eigenvalue weighted by Crippen LogP contribution is -2.44. The second-order valence-corrected chi connectivity index (χ2v) is 14.3. The van der Waals surface area contributed by atoms with Crippen LogP contribution in [0.15, 0.2) is 23.2 Å². The van der Waals surface area contributed by atoms with E-state index >= 15 is 0 Å². The van der Waals surface area contributed by atoms with Crippen LogP contribution in [0, 0.1) is 12.3 Å². The van der Waals surface area contributed by atoms with Crippen LogP contribution in [0.3, 0.4) is 0 Å². The third-order valence-corrected chi connectivity index (χ3v) is 11.3. The van der Waals surface area contributed by atoms with Crippen LogP contribution in [0.4, 0.5) is 5.82 Å². The van der Waals surface area contributed by atoms with Gasteiger partial charge in [0.25, 0.3) is 0 Å². The number of hydrogen-bond donors (Lipinski definition) is 0. The Labute approximate surface area is 257 Å². The predicted octanol–water partition coefficient (Wildman–Crippen LogP) is 7.78. The fourth-order valence-electron chi connectivity index (χ4n) is 8.26. The van der Waals surface area contributed by atoms with Crippen molar-refractivity contribution in [2.45, 2.75) is 96.4 Å². The third-order valence-electron chi connectivity index (χ3n) is 11.3. The van der Waals surface area contributed by atoms with E-state index in [4.69, 9.17) is 19.7 Å². The predicted molar refractivity (Wildman–Crippen MR) is 176 cm³/mol. The van der Waals surface area contributed by atoms with Crippen LogP contribution in [0.5, 0.6) is 5.75 Å². The van der Waals surface area contributed by atoms with Gasteiger partial charge in [-0.25, -0.2) is 9.97 Å². The number of hydrogen-bond acceptors (Lipinski definition) is 6. The van der Waals surface area contributed by atoms with Crippen LogP contribution in [-0.4, -0.2) is 60.9 Å². The molecule has 0 radical (unpaired) electrons. The van der Waals surface area contributed by atoms with Crippen LogP contribution < -0.4 is 9.64 Å². The Morgan fingerprint density at radius 3 is 2.42 bits per heavy atom. The number of fused-ring (bicyclic) bond motifs is 2. The van der Waals surface area contributed by atoms with Crippen LogP contribution in [0.25, 0.3) is 22.0 Å². The molecule has 6 nitrogen and oxygen atoms in total. The zero-order valence-electron chi connectivity index (χ0n) is 26.4. The highest BCUT2D eigenvalue weighted by Gasteiger charge is 2.41. The summed E-state index contributed by atoms with van der Waals surface area (Å²) >= 11 is 0. The Balaban J connectivity index is 1.36. The van der Waals surface area contributed by atoms with Gasteiger partial charge in [0.1, 0.15) is 17.2 Å². The van der Waals surface area contributed by atoms with E-state index in [0.717, 1.165) is 69.1 Å². The molecule has 1 spiro atoms. The van der Waals surface area contributed by atoms with E-state index in [2.05, 4.69) is 55.1 Å². The molecule has 2 saturated heterocycles. The van der Waals surface area contributed by atoms with Crippen LogP contribution in [-0.2, 0) is 6.54 Å². The minimum absolute atomic E-state index is 0.391. The minimum Gasteiger partial charge on any atom is -0.491 e. The van der Waals surface area contributed by atoms with E-state index in [1.54, 1.807) is 0 Å². The highest BCUT2D eigenvalue weighted by atomic mass is 16.5. The molecule has 2 aromatic carbocycles. The zero-order valence-corrected chi connectivity index (χ0v) is 26.4. The molecular weight excluding hydrogens is 530 g/mol. The molecule has 226 valence electrons. The van der Waals surface area contributed by atoms with Crippen molar-refractivity contribution < 1.29 is 4.74 Å². The van der Waals surface area contributed by atoms with E-state index in [9.17, 15) is 0 Å². The SMILES string of the molecule is CCCOc1c(-c2c(C)ccc3c2C=NC3)c(C2CC2)cc2c(N3CCC4(CCC4)CC3)nc(C3CCN(C)CC3)nc12. The van der Waals surface area contributed by atoms with Gasteiger partial charge in [0, 0.05) is 41.7 Å². The molecule has 1 aromatic heterocycles. The zero-order chi connectivity index (χ0) is 29.1. The summed E-state index contributed by atoms with van der Waals surface area (Å²) < 4.78 is 6.89. The normalized spacial score (nSPS) is 21.9. The summed E-state index contributed by atoms with van der Waals surface area (Å²) in [5.41, 5.74) is 9.53. The summed E-state index contributed by atoms with van der Waals surface area (Å²) in [6, 6.07) is 7.04. The summed E-state index contributed by atoms with van der Waals surface area (Å²) in [6.07, 6.45) is 14.6. The van der Waals surface area contributed by atoms with Crippen LogP contribution in [0.2, 0.25) is 0 Å². The van der Waals surface area contributed by atoms with Crippen LogP contribution in [0.1, 0.15) is 111 Å². The second-order valence-electron chi connectivity index (χ2n) is 14.3. The molecule has 5 aliphatic rings. The Bertz CT molecular complexity index is 1570. The molecule has 2 aliphatic carbocycles. The molecule has 0 atom stereocenters. The molecule has 0 N–H and O–H groups in total. The molecule has 3 aliphatic heterocycles. The van der Waals surface area contributed by atoms with Crippen molar-refractivity contribution in [3.8, 4) is 16.9 Å². The van der Waals surface area contributed by atoms with E-state index in [1.807, 2.05) is 0 Å². The maximum absolute atomic E-state index is 6.89. The van der Waals surface area contributed by atoms with E-state index in [0.29, 0.717) is 23.9 Å². The van der Waals surface area contributed by atoms with Crippen molar-refractivity contribution in [3.05, 3.63) is 46.3 Å². The van der Waals surface area contributed by atoms with Gasteiger partial charge < -0.3 is 14.5 Å². The van der Waals surface area contributed by atoms with E-state index in [-0.39, 0.29) is 0 Å². The number of piperidine rings is 2. The average Bonchev–Trinajstić information content (AvgIpc) is 3.75. The Hall–Kier alpha value is -2.99.